The minimum atomic E-state index is -0.459. The van der Waals surface area contributed by atoms with E-state index in [9.17, 15) is 14.9 Å². The summed E-state index contributed by atoms with van der Waals surface area (Å²) in [6.07, 6.45) is 1.81. The number of nitriles is 1. The van der Waals surface area contributed by atoms with Gasteiger partial charge in [-0.15, -0.1) is 21.5 Å². The molecule has 1 aromatic carbocycles. The highest BCUT2D eigenvalue weighted by Crippen LogP contribution is 2.47. The number of nitrogens with two attached hydrogens (primary N) is 1. The van der Waals surface area contributed by atoms with Crippen LogP contribution in [0, 0.1) is 25.2 Å². The number of thioether (sulfide) groups is 1. The Balaban J connectivity index is 1.39. The first kappa shape index (κ1) is 25.2. The van der Waals surface area contributed by atoms with Crippen molar-refractivity contribution in [3.63, 3.8) is 0 Å². The molecule has 8 nitrogen and oxygen atoms in total. The van der Waals surface area contributed by atoms with Crippen LogP contribution in [-0.2, 0) is 9.59 Å². The van der Waals surface area contributed by atoms with Gasteiger partial charge >= 0.3 is 0 Å². The van der Waals surface area contributed by atoms with E-state index in [0.717, 1.165) is 27.4 Å². The number of carbonyl (C=O) groups excluding carboxylic acids is 2. The molecule has 1 unspecified atom stereocenters. The van der Waals surface area contributed by atoms with Crippen molar-refractivity contribution in [2.75, 3.05) is 16.0 Å². The van der Waals surface area contributed by atoms with Gasteiger partial charge in [0.2, 0.25) is 11.0 Å². The predicted molar refractivity (Wildman–Crippen MR) is 147 cm³/mol. The number of benzene rings is 1. The van der Waals surface area contributed by atoms with Gasteiger partial charge in [-0.2, -0.15) is 5.26 Å². The van der Waals surface area contributed by atoms with Crippen molar-refractivity contribution >= 4 is 56.9 Å². The average molecular weight is 549 g/mol. The summed E-state index contributed by atoms with van der Waals surface area (Å²) in [5.74, 6) is -0.121. The Bertz CT molecular complexity index is 1480. The largest absolute Gasteiger partial charge is 0.384 e. The highest BCUT2D eigenvalue weighted by Gasteiger charge is 2.41. The van der Waals surface area contributed by atoms with E-state index in [-0.39, 0.29) is 23.3 Å². The van der Waals surface area contributed by atoms with Crippen LogP contribution in [0.1, 0.15) is 41.2 Å². The van der Waals surface area contributed by atoms with E-state index in [2.05, 4.69) is 21.6 Å². The Morgan fingerprint density at radius 2 is 2.14 bits per heavy atom. The van der Waals surface area contributed by atoms with Gasteiger partial charge in [-0.05, 0) is 49.8 Å². The molecule has 1 aliphatic heterocycles. The quantitative estimate of drug-likeness (QED) is 0.400. The molecule has 2 aliphatic rings. The second kappa shape index (κ2) is 10.5. The number of carbonyl (C=O) groups is 2. The van der Waals surface area contributed by atoms with Gasteiger partial charge in [0, 0.05) is 28.3 Å². The predicted octanol–water partition coefficient (Wildman–Crippen LogP) is 5.25. The van der Waals surface area contributed by atoms with Gasteiger partial charge in [-0.1, -0.05) is 46.9 Å². The van der Waals surface area contributed by atoms with Crippen LogP contribution in [0.2, 0.25) is 0 Å². The Morgan fingerprint density at radius 3 is 2.86 bits per heavy atom. The van der Waals surface area contributed by atoms with Crippen LogP contribution < -0.4 is 16.0 Å². The van der Waals surface area contributed by atoms with Gasteiger partial charge in [0.1, 0.15) is 5.82 Å². The molecule has 0 bridgehead atoms. The van der Waals surface area contributed by atoms with Crippen LogP contribution in [0.15, 0.2) is 62.7 Å². The van der Waals surface area contributed by atoms with Crippen molar-refractivity contribution in [3.8, 4) is 6.07 Å². The van der Waals surface area contributed by atoms with Crippen molar-refractivity contribution in [2.45, 2.75) is 43.4 Å². The van der Waals surface area contributed by atoms with Crippen LogP contribution in [0.4, 0.5) is 10.8 Å². The smallest absolute Gasteiger partial charge is 0.234 e. The summed E-state index contributed by atoms with van der Waals surface area (Å²) >= 11 is 4.07. The summed E-state index contributed by atoms with van der Waals surface area (Å²) in [4.78, 5) is 28.3. The molecule has 3 aromatic rings. The number of aryl methyl sites for hydroxylation is 2. The number of thiophene rings is 1. The van der Waals surface area contributed by atoms with Crippen molar-refractivity contribution < 1.29 is 9.59 Å². The minimum absolute atomic E-state index is 0.0343. The van der Waals surface area contributed by atoms with Crippen LogP contribution in [0.5, 0.6) is 0 Å². The molecule has 11 heteroatoms. The number of allylic oxidation sites excluding steroid dienone is 3. The number of Topliss-reactive ketones (excluding diaryl/α,β-unsaturated/α-hetero) is 1. The summed E-state index contributed by atoms with van der Waals surface area (Å²) in [6, 6.07) is 12.0. The molecule has 3 N–H and O–H groups in total. The molecule has 5 rings (SSSR count). The number of anilines is 2. The van der Waals surface area contributed by atoms with Gasteiger partial charge in [0.15, 0.2) is 10.1 Å². The van der Waals surface area contributed by atoms with E-state index in [4.69, 9.17) is 5.73 Å². The van der Waals surface area contributed by atoms with E-state index in [1.54, 1.807) is 4.90 Å². The third kappa shape index (κ3) is 4.92. The highest BCUT2D eigenvalue weighted by molar-refractivity contribution is 8.01. The Labute approximate surface area is 226 Å². The fraction of sp³-hybridized carbons (Fsp3) is 0.269. The normalized spacial score (nSPS) is 17.6. The van der Waals surface area contributed by atoms with E-state index < -0.39 is 5.92 Å². The van der Waals surface area contributed by atoms with Crippen LogP contribution >= 0.6 is 34.4 Å². The molecule has 0 saturated heterocycles. The van der Waals surface area contributed by atoms with E-state index >= 15 is 0 Å². The molecule has 0 radical (unpaired) electrons. The number of hydrogen-bond acceptors (Lipinski definition) is 10. The number of hydrogen-bond donors (Lipinski definition) is 2. The van der Waals surface area contributed by atoms with Crippen molar-refractivity contribution in [2.24, 2.45) is 5.73 Å². The first-order valence-electron chi connectivity index (χ1n) is 11.7. The molecule has 0 fully saturated rings. The number of nitrogens with one attached hydrogen (secondary N) is 1. The Kier molecular flexibility index (Phi) is 7.15. The van der Waals surface area contributed by atoms with Crippen LogP contribution in [0.3, 0.4) is 0 Å². The lowest BCUT2D eigenvalue weighted by Gasteiger charge is -2.37. The second-order valence-electron chi connectivity index (χ2n) is 8.84. The zero-order valence-corrected chi connectivity index (χ0v) is 22.7. The van der Waals surface area contributed by atoms with Crippen LogP contribution in [-0.4, -0.2) is 27.6 Å². The van der Waals surface area contributed by atoms with Crippen LogP contribution in [0.25, 0.3) is 0 Å². The fourth-order valence-corrected chi connectivity index (χ4v) is 7.19. The van der Waals surface area contributed by atoms with Gasteiger partial charge in [-0.3, -0.25) is 14.5 Å². The molecule has 0 spiro atoms. The molecule has 188 valence electrons. The zero-order chi connectivity index (χ0) is 26.1. The van der Waals surface area contributed by atoms with Gasteiger partial charge in [0.05, 0.1) is 23.3 Å². The maximum atomic E-state index is 13.1. The molecule has 1 amide bonds. The molecule has 1 atom stereocenters. The number of amides is 1. The van der Waals surface area contributed by atoms with Crippen molar-refractivity contribution in [1.82, 2.24) is 10.2 Å². The van der Waals surface area contributed by atoms with E-state index in [0.29, 0.717) is 39.9 Å². The molecule has 1 aliphatic carbocycles. The summed E-state index contributed by atoms with van der Waals surface area (Å²) < 4.78 is 0.599. The lowest BCUT2D eigenvalue weighted by Crippen LogP contribution is -2.38. The molecular formula is C26H24N6O2S3. The summed E-state index contributed by atoms with van der Waals surface area (Å²) in [5.41, 5.74) is 11.2. The lowest BCUT2D eigenvalue weighted by molar-refractivity contribution is -0.116. The lowest BCUT2D eigenvalue weighted by atomic mass is 9.78. The first-order chi connectivity index (χ1) is 17.9. The zero-order valence-electron chi connectivity index (χ0n) is 20.3. The summed E-state index contributed by atoms with van der Waals surface area (Å²) in [7, 11) is 0. The van der Waals surface area contributed by atoms with Crippen molar-refractivity contribution in [1.29, 1.82) is 5.26 Å². The Hall–Kier alpha value is -3.46. The number of nitrogens with zero attached hydrogens (tertiary/aromatic N) is 4. The van der Waals surface area contributed by atoms with Crippen molar-refractivity contribution in [3.05, 3.63) is 74.4 Å². The molecule has 37 heavy (non-hydrogen) atoms. The standard InChI is InChI=1S/C26H24N6O2S3/c1-14-8-9-17(15(2)11-14)29-21(34)13-36-26-31-30-25(37-26)32-18-5-3-6-19(33)23(18)22(16(12-27)24(32)28)20-7-4-10-35-20/h4,7-11,22H,3,5-6,13,28H2,1-2H3,(H,29,34). The monoisotopic (exact) mass is 548 g/mol. The topological polar surface area (TPSA) is 125 Å². The second-order valence-corrected chi connectivity index (χ2v) is 12.0. The fourth-order valence-electron chi connectivity index (χ4n) is 4.66. The summed E-state index contributed by atoms with van der Waals surface area (Å²) in [6.45, 7) is 3.97. The molecule has 3 heterocycles. The average Bonchev–Trinajstić information content (AvgIpc) is 3.56. The highest BCUT2D eigenvalue weighted by atomic mass is 32.2. The number of aromatic nitrogens is 2. The molecular weight excluding hydrogens is 525 g/mol. The first-order valence-corrected chi connectivity index (χ1v) is 14.4. The minimum Gasteiger partial charge on any atom is -0.384 e. The van der Waals surface area contributed by atoms with E-state index in [1.165, 1.54) is 34.4 Å². The van der Waals surface area contributed by atoms with E-state index in [1.807, 2.05) is 49.6 Å². The maximum absolute atomic E-state index is 13.1. The number of rotatable bonds is 6. The van der Waals surface area contributed by atoms with Gasteiger partial charge < -0.3 is 11.1 Å². The molecule has 0 saturated carbocycles. The van der Waals surface area contributed by atoms with Gasteiger partial charge in [0.25, 0.3) is 0 Å². The number of ketones is 1. The third-order valence-corrected chi connectivity index (χ3v) is 9.29. The Morgan fingerprint density at radius 1 is 1.30 bits per heavy atom. The molecule has 2 aromatic heterocycles. The third-order valence-electron chi connectivity index (χ3n) is 6.31. The van der Waals surface area contributed by atoms with Gasteiger partial charge in [-0.25, -0.2) is 0 Å². The SMILES string of the molecule is Cc1ccc(NC(=O)CSc2nnc(N3C(N)=C(C#N)C(c4cccs4)C4=C3CCCC4=O)s2)c(C)c1. The summed E-state index contributed by atoms with van der Waals surface area (Å²) in [5, 5.41) is 24.0. The maximum Gasteiger partial charge on any atom is 0.234 e.